The van der Waals surface area contributed by atoms with E-state index in [1.807, 2.05) is 6.07 Å². The SMILES string of the molecule is NC(=O)c1cc2c(nc1NCCn1cc(N)cn1)CCC2. The highest BCUT2D eigenvalue weighted by Crippen LogP contribution is 2.25. The number of carbonyl (C=O) groups excluding carboxylic acids is 1. The van der Waals surface area contributed by atoms with E-state index >= 15 is 0 Å². The van der Waals surface area contributed by atoms with Crippen LogP contribution >= 0.6 is 0 Å². The van der Waals surface area contributed by atoms with Crippen molar-refractivity contribution in [1.29, 1.82) is 0 Å². The van der Waals surface area contributed by atoms with Crippen LogP contribution in [0.1, 0.15) is 28.0 Å². The van der Waals surface area contributed by atoms with Crippen LogP contribution in [0.3, 0.4) is 0 Å². The van der Waals surface area contributed by atoms with Crippen LogP contribution in [0, 0.1) is 0 Å². The van der Waals surface area contributed by atoms with E-state index in [2.05, 4.69) is 15.4 Å². The fraction of sp³-hybridized carbons (Fsp3) is 0.357. The molecule has 0 aromatic carbocycles. The third kappa shape index (κ3) is 2.81. The van der Waals surface area contributed by atoms with Gasteiger partial charge >= 0.3 is 0 Å². The number of nitrogens with one attached hydrogen (secondary N) is 1. The second kappa shape index (κ2) is 5.43. The van der Waals surface area contributed by atoms with Gasteiger partial charge in [-0.2, -0.15) is 5.10 Å². The summed E-state index contributed by atoms with van der Waals surface area (Å²) in [7, 11) is 0. The normalized spacial score (nSPS) is 13.1. The molecule has 21 heavy (non-hydrogen) atoms. The number of primary amides is 1. The molecule has 2 heterocycles. The van der Waals surface area contributed by atoms with Gasteiger partial charge in [-0.25, -0.2) is 4.98 Å². The number of nitrogens with zero attached hydrogens (tertiary/aromatic N) is 3. The van der Waals surface area contributed by atoms with E-state index in [4.69, 9.17) is 11.5 Å². The number of nitrogens with two attached hydrogens (primary N) is 2. The first-order valence-electron chi connectivity index (χ1n) is 6.98. The second-order valence-corrected chi connectivity index (χ2v) is 5.17. The van der Waals surface area contributed by atoms with Crippen LogP contribution in [0.15, 0.2) is 18.5 Å². The van der Waals surface area contributed by atoms with Gasteiger partial charge in [-0.05, 0) is 30.9 Å². The number of aryl methyl sites for hydroxylation is 2. The van der Waals surface area contributed by atoms with Crippen molar-refractivity contribution in [2.24, 2.45) is 5.73 Å². The van der Waals surface area contributed by atoms with Gasteiger partial charge in [-0.15, -0.1) is 0 Å². The van der Waals surface area contributed by atoms with Crippen molar-refractivity contribution in [1.82, 2.24) is 14.8 Å². The summed E-state index contributed by atoms with van der Waals surface area (Å²) in [5, 5.41) is 7.27. The van der Waals surface area contributed by atoms with E-state index in [9.17, 15) is 4.79 Å². The molecule has 1 amide bonds. The second-order valence-electron chi connectivity index (χ2n) is 5.17. The lowest BCUT2D eigenvalue weighted by atomic mass is 10.1. The lowest BCUT2D eigenvalue weighted by molar-refractivity contribution is 0.100. The van der Waals surface area contributed by atoms with Crippen LogP contribution in [0.2, 0.25) is 0 Å². The first kappa shape index (κ1) is 13.4. The highest BCUT2D eigenvalue weighted by atomic mass is 16.1. The first-order chi connectivity index (χ1) is 10.1. The van der Waals surface area contributed by atoms with Crippen LogP contribution < -0.4 is 16.8 Å². The molecule has 0 spiro atoms. The average molecular weight is 286 g/mol. The van der Waals surface area contributed by atoms with Gasteiger partial charge in [0.05, 0.1) is 24.0 Å². The lowest BCUT2D eigenvalue weighted by Gasteiger charge is -2.11. The van der Waals surface area contributed by atoms with Crippen LogP contribution in [-0.2, 0) is 19.4 Å². The Morgan fingerprint density at radius 1 is 1.43 bits per heavy atom. The molecule has 2 aromatic heterocycles. The number of anilines is 2. The van der Waals surface area contributed by atoms with Crippen molar-refractivity contribution in [2.75, 3.05) is 17.6 Å². The van der Waals surface area contributed by atoms with Gasteiger partial charge in [0, 0.05) is 18.4 Å². The summed E-state index contributed by atoms with van der Waals surface area (Å²) in [6.45, 7) is 1.22. The minimum Gasteiger partial charge on any atom is -0.396 e. The van der Waals surface area contributed by atoms with Crippen molar-refractivity contribution in [3.63, 3.8) is 0 Å². The van der Waals surface area contributed by atoms with Gasteiger partial charge in [-0.3, -0.25) is 9.48 Å². The number of pyridine rings is 1. The molecule has 110 valence electrons. The molecule has 1 aliphatic carbocycles. The van der Waals surface area contributed by atoms with Gasteiger partial charge in [0.1, 0.15) is 5.82 Å². The number of hydrogen-bond acceptors (Lipinski definition) is 5. The van der Waals surface area contributed by atoms with Crippen molar-refractivity contribution in [3.8, 4) is 0 Å². The largest absolute Gasteiger partial charge is 0.396 e. The van der Waals surface area contributed by atoms with E-state index in [1.165, 1.54) is 0 Å². The maximum atomic E-state index is 11.6. The lowest BCUT2D eigenvalue weighted by Crippen LogP contribution is -2.19. The Hall–Kier alpha value is -2.57. The van der Waals surface area contributed by atoms with Crippen molar-refractivity contribution in [3.05, 3.63) is 35.3 Å². The summed E-state index contributed by atoms with van der Waals surface area (Å²) in [5.74, 6) is 0.103. The van der Waals surface area contributed by atoms with Gasteiger partial charge < -0.3 is 16.8 Å². The molecule has 7 heteroatoms. The predicted molar refractivity (Wildman–Crippen MR) is 79.9 cm³/mol. The maximum absolute atomic E-state index is 11.6. The molecule has 1 aliphatic rings. The molecule has 2 aromatic rings. The van der Waals surface area contributed by atoms with Crippen LogP contribution in [0.5, 0.6) is 0 Å². The monoisotopic (exact) mass is 286 g/mol. The first-order valence-corrected chi connectivity index (χ1v) is 6.98. The molecular weight excluding hydrogens is 268 g/mol. The number of rotatable bonds is 5. The number of hydrogen-bond donors (Lipinski definition) is 3. The molecule has 0 aliphatic heterocycles. The van der Waals surface area contributed by atoms with Crippen molar-refractivity contribution < 1.29 is 4.79 Å². The summed E-state index contributed by atoms with van der Waals surface area (Å²) in [6.07, 6.45) is 6.36. The quantitative estimate of drug-likeness (QED) is 0.743. The third-order valence-electron chi connectivity index (χ3n) is 3.60. The fourth-order valence-corrected chi connectivity index (χ4v) is 2.59. The van der Waals surface area contributed by atoms with Crippen molar-refractivity contribution in [2.45, 2.75) is 25.8 Å². The zero-order valence-corrected chi connectivity index (χ0v) is 11.7. The molecule has 0 radical (unpaired) electrons. The summed E-state index contributed by atoms with van der Waals surface area (Å²) in [6, 6.07) is 1.87. The van der Waals surface area contributed by atoms with E-state index in [-0.39, 0.29) is 0 Å². The Labute approximate surface area is 122 Å². The topological polar surface area (TPSA) is 112 Å². The Balaban J connectivity index is 1.73. The highest BCUT2D eigenvalue weighted by Gasteiger charge is 2.18. The van der Waals surface area contributed by atoms with Gasteiger partial charge in [0.15, 0.2) is 0 Å². The summed E-state index contributed by atoms with van der Waals surface area (Å²) < 4.78 is 1.74. The molecule has 0 unspecified atom stereocenters. The molecule has 0 saturated heterocycles. The number of carbonyl (C=O) groups is 1. The van der Waals surface area contributed by atoms with Crippen molar-refractivity contribution >= 4 is 17.4 Å². The van der Waals surface area contributed by atoms with Gasteiger partial charge in [0.2, 0.25) is 0 Å². The zero-order valence-electron chi connectivity index (χ0n) is 11.7. The number of nitrogen functional groups attached to an aromatic ring is 1. The van der Waals surface area contributed by atoms with E-state index in [0.29, 0.717) is 30.2 Å². The van der Waals surface area contributed by atoms with Gasteiger partial charge in [0.25, 0.3) is 5.91 Å². The predicted octanol–water partition coefficient (Wildman–Crippen LogP) is 0.560. The summed E-state index contributed by atoms with van der Waals surface area (Å²) in [4.78, 5) is 16.1. The molecule has 0 bridgehead atoms. The van der Waals surface area contributed by atoms with E-state index < -0.39 is 5.91 Å². The molecule has 3 rings (SSSR count). The van der Waals surface area contributed by atoms with Gasteiger partial charge in [-0.1, -0.05) is 0 Å². The maximum Gasteiger partial charge on any atom is 0.252 e. The Morgan fingerprint density at radius 3 is 3.00 bits per heavy atom. The molecular formula is C14H18N6O. The van der Waals surface area contributed by atoms with E-state index in [0.717, 1.165) is 30.5 Å². The standard InChI is InChI=1S/C14H18N6O/c15-10-7-18-20(8-10)5-4-17-14-11(13(16)21)6-9-2-1-3-12(9)19-14/h6-8H,1-5,15H2,(H2,16,21)(H,17,19). The van der Waals surface area contributed by atoms with Crippen LogP contribution in [-0.4, -0.2) is 27.2 Å². The molecule has 0 saturated carbocycles. The Kier molecular flexibility index (Phi) is 3.47. The Morgan fingerprint density at radius 2 is 2.29 bits per heavy atom. The number of amides is 1. The van der Waals surface area contributed by atoms with Crippen LogP contribution in [0.4, 0.5) is 11.5 Å². The minimum absolute atomic E-state index is 0.454. The minimum atomic E-state index is -0.456. The van der Waals surface area contributed by atoms with E-state index in [1.54, 1.807) is 17.1 Å². The molecule has 0 atom stereocenters. The average Bonchev–Trinajstić information content (AvgIpc) is 3.06. The zero-order chi connectivity index (χ0) is 14.8. The summed E-state index contributed by atoms with van der Waals surface area (Å²) in [5.41, 5.74) is 14.3. The molecule has 0 fully saturated rings. The number of aromatic nitrogens is 3. The van der Waals surface area contributed by atoms with Crippen LogP contribution in [0.25, 0.3) is 0 Å². The molecule has 5 N–H and O–H groups in total. The highest BCUT2D eigenvalue weighted by molar-refractivity contribution is 5.97. The number of fused-ring (bicyclic) bond motifs is 1. The third-order valence-corrected chi connectivity index (χ3v) is 3.60. The Bertz CT molecular complexity index is 678. The molecule has 7 nitrogen and oxygen atoms in total. The fourth-order valence-electron chi connectivity index (χ4n) is 2.59. The smallest absolute Gasteiger partial charge is 0.252 e. The summed E-state index contributed by atoms with van der Waals surface area (Å²) >= 11 is 0.